The van der Waals surface area contributed by atoms with Gasteiger partial charge in [0.25, 0.3) is 10.0 Å². The second-order valence-electron chi connectivity index (χ2n) is 9.10. The summed E-state index contributed by atoms with van der Waals surface area (Å²) in [6, 6.07) is 28.2. The number of amides is 1. The van der Waals surface area contributed by atoms with Crippen LogP contribution in [-0.4, -0.2) is 45.4 Å². The van der Waals surface area contributed by atoms with Crippen molar-refractivity contribution in [2.45, 2.75) is 18.2 Å². The van der Waals surface area contributed by atoms with E-state index >= 15 is 0 Å². The van der Waals surface area contributed by atoms with Crippen molar-refractivity contribution in [2.24, 2.45) is 0 Å². The second kappa shape index (κ2) is 10.0. The zero-order valence-electron chi connectivity index (χ0n) is 20.2. The Morgan fingerprint density at radius 1 is 0.806 bits per heavy atom. The molecule has 0 atom stereocenters. The van der Waals surface area contributed by atoms with Gasteiger partial charge in [-0.05, 0) is 53.8 Å². The number of hydrogen-bond donors (Lipinski definition) is 1. The monoisotopic (exact) mass is 499 g/mol. The summed E-state index contributed by atoms with van der Waals surface area (Å²) in [5.74, 6) is 0.155. The van der Waals surface area contributed by atoms with Crippen molar-refractivity contribution in [1.29, 1.82) is 0 Å². The molecule has 184 valence electrons. The van der Waals surface area contributed by atoms with Gasteiger partial charge >= 0.3 is 0 Å². The Labute approximate surface area is 212 Å². The van der Waals surface area contributed by atoms with Gasteiger partial charge in [0.15, 0.2) is 0 Å². The van der Waals surface area contributed by atoms with E-state index < -0.39 is 10.0 Å². The topological polar surface area (TPSA) is 69.7 Å². The van der Waals surface area contributed by atoms with Crippen LogP contribution in [0.4, 0.5) is 11.4 Å². The first-order valence-corrected chi connectivity index (χ1v) is 13.6. The smallest absolute Gasteiger partial charge is 0.262 e. The Morgan fingerprint density at radius 3 is 2.22 bits per heavy atom. The van der Waals surface area contributed by atoms with Crippen LogP contribution in [0.2, 0.25) is 0 Å². The van der Waals surface area contributed by atoms with E-state index in [9.17, 15) is 13.2 Å². The van der Waals surface area contributed by atoms with Gasteiger partial charge < -0.3 is 9.80 Å². The molecule has 1 N–H and O–H groups in total. The summed E-state index contributed by atoms with van der Waals surface area (Å²) in [5.41, 5.74) is 3.74. The molecule has 7 heteroatoms. The van der Waals surface area contributed by atoms with Gasteiger partial charge in [0.1, 0.15) is 0 Å². The van der Waals surface area contributed by atoms with E-state index in [4.69, 9.17) is 0 Å². The number of fused-ring (bicyclic) bond motifs is 1. The van der Waals surface area contributed by atoms with E-state index in [0.29, 0.717) is 30.6 Å². The van der Waals surface area contributed by atoms with Gasteiger partial charge in [0, 0.05) is 42.9 Å². The summed E-state index contributed by atoms with van der Waals surface area (Å²) in [5, 5.41) is 1.58. The molecule has 1 aliphatic heterocycles. The van der Waals surface area contributed by atoms with Crippen LogP contribution < -0.4 is 9.62 Å². The molecule has 0 aliphatic carbocycles. The molecule has 5 rings (SSSR count). The van der Waals surface area contributed by atoms with Crippen LogP contribution >= 0.6 is 0 Å². The SMILES string of the molecule is Cc1ccccc1CC(=O)N1CCN(c2ccc(NS(=O)(=O)c3cccc4ccccc34)cc2)CC1. The molecule has 4 aromatic rings. The molecule has 1 heterocycles. The molecule has 0 radical (unpaired) electrons. The Hall–Kier alpha value is -3.84. The highest BCUT2D eigenvalue weighted by Crippen LogP contribution is 2.26. The standard InChI is InChI=1S/C29H29N3O3S/c1-22-7-2-3-9-24(22)21-29(33)32-19-17-31(18-20-32)26-15-13-25(14-16-26)30-36(34,35)28-12-6-10-23-8-4-5-11-27(23)28/h2-16,30H,17-21H2,1H3. The van der Waals surface area contributed by atoms with Gasteiger partial charge in [-0.1, -0.05) is 60.7 Å². The molecule has 0 aromatic heterocycles. The molecule has 0 spiro atoms. The van der Waals surface area contributed by atoms with Crippen molar-refractivity contribution in [1.82, 2.24) is 4.90 Å². The summed E-state index contributed by atoms with van der Waals surface area (Å²) >= 11 is 0. The molecule has 0 saturated carbocycles. The summed E-state index contributed by atoms with van der Waals surface area (Å²) in [4.78, 5) is 17.2. The van der Waals surface area contributed by atoms with Crippen LogP contribution in [0.1, 0.15) is 11.1 Å². The Bertz CT molecular complexity index is 1490. The minimum absolute atomic E-state index is 0.155. The van der Waals surface area contributed by atoms with Crippen molar-refractivity contribution in [2.75, 3.05) is 35.8 Å². The maximum absolute atomic E-state index is 13.1. The average molecular weight is 500 g/mol. The number of carbonyl (C=O) groups excluding carboxylic acids is 1. The average Bonchev–Trinajstić information content (AvgIpc) is 2.90. The van der Waals surface area contributed by atoms with Crippen LogP contribution in [-0.2, 0) is 21.2 Å². The molecule has 6 nitrogen and oxygen atoms in total. The third-order valence-corrected chi connectivity index (χ3v) is 8.20. The lowest BCUT2D eigenvalue weighted by molar-refractivity contribution is -0.130. The van der Waals surface area contributed by atoms with Gasteiger partial charge in [-0.25, -0.2) is 8.42 Å². The molecule has 1 amide bonds. The number of benzene rings is 4. The predicted octanol–water partition coefficient (Wildman–Crippen LogP) is 4.84. The molecule has 1 saturated heterocycles. The highest BCUT2D eigenvalue weighted by atomic mass is 32.2. The molecule has 1 aliphatic rings. The summed E-state index contributed by atoms with van der Waals surface area (Å²) in [7, 11) is -3.73. The fourth-order valence-corrected chi connectivity index (χ4v) is 5.97. The maximum atomic E-state index is 13.1. The number of piperazine rings is 1. The number of nitrogens with one attached hydrogen (secondary N) is 1. The Morgan fingerprint density at radius 2 is 1.47 bits per heavy atom. The van der Waals surface area contributed by atoms with Crippen LogP contribution in [0.15, 0.2) is 95.9 Å². The van der Waals surface area contributed by atoms with Crippen LogP contribution in [0.3, 0.4) is 0 Å². The van der Waals surface area contributed by atoms with Crippen molar-refractivity contribution in [3.63, 3.8) is 0 Å². The van der Waals surface area contributed by atoms with Gasteiger partial charge in [0.2, 0.25) is 5.91 Å². The molecule has 1 fully saturated rings. The van der Waals surface area contributed by atoms with E-state index in [0.717, 1.165) is 35.3 Å². The highest BCUT2D eigenvalue weighted by molar-refractivity contribution is 7.93. The number of carbonyl (C=O) groups is 1. The Kier molecular flexibility index (Phi) is 6.65. The highest BCUT2D eigenvalue weighted by Gasteiger charge is 2.22. The maximum Gasteiger partial charge on any atom is 0.262 e. The summed E-state index contributed by atoms with van der Waals surface area (Å²) in [6.45, 7) is 4.84. The molecular formula is C29H29N3O3S. The summed E-state index contributed by atoms with van der Waals surface area (Å²) in [6.07, 6.45) is 0.429. The fourth-order valence-electron chi connectivity index (χ4n) is 4.68. The first kappa shape index (κ1) is 23.9. The largest absolute Gasteiger partial charge is 0.368 e. The predicted molar refractivity (Wildman–Crippen MR) is 145 cm³/mol. The molecular weight excluding hydrogens is 470 g/mol. The number of nitrogens with zero attached hydrogens (tertiary/aromatic N) is 2. The first-order chi connectivity index (χ1) is 17.4. The Balaban J connectivity index is 1.21. The van der Waals surface area contributed by atoms with Gasteiger partial charge in [-0.2, -0.15) is 0 Å². The first-order valence-electron chi connectivity index (χ1n) is 12.1. The van der Waals surface area contributed by atoms with Crippen LogP contribution in [0, 0.1) is 6.92 Å². The molecule has 0 bridgehead atoms. The fraction of sp³-hybridized carbons (Fsp3) is 0.207. The van der Waals surface area contributed by atoms with E-state index in [1.54, 1.807) is 24.3 Å². The quantitative estimate of drug-likeness (QED) is 0.412. The second-order valence-corrected chi connectivity index (χ2v) is 10.8. The lowest BCUT2D eigenvalue weighted by atomic mass is 10.1. The van der Waals surface area contributed by atoms with Crippen molar-refractivity contribution >= 4 is 38.1 Å². The number of sulfonamides is 1. The number of aryl methyl sites for hydroxylation is 1. The van der Waals surface area contributed by atoms with Gasteiger partial charge in [-0.3, -0.25) is 9.52 Å². The molecule has 4 aromatic carbocycles. The van der Waals surface area contributed by atoms with E-state index in [-0.39, 0.29) is 10.8 Å². The summed E-state index contributed by atoms with van der Waals surface area (Å²) < 4.78 is 28.9. The normalized spacial score (nSPS) is 14.1. The zero-order chi connectivity index (χ0) is 25.1. The van der Waals surface area contributed by atoms with Crippen molar-refractivity contribution in [3.8, 4) is 0 Å². The third kappa shape index (κ3) is 5.06. The molecule has 0 unspecified atom stereocenters. The zero-order valence-corrected chi connectivity index (χ0v) is 21.0. The van der Waals surface area contributed by atoms with E-state index in [2.05, 4.69) is 9.62 Å². The number of rotatable bonds is 6. The minimum Gasteiger partial charge on any atom is -0.368 e. The van der Waals surface area contributed by atoms with Crippen LogP contribution in [0.5, 0.6) is 0 Å². The van der Waals surface area contributed by atoms with Crippen molar-refractivity contribution < 1.29 is 13.2 Å². The third-order valence-electron chi connectivity index (χ3n) is 6.76. The number of anilines is 2. The van der Waals surface area contributed by atoms with Gasteiger partial charge in [-0.15, -0.1) is 0 Å². The lowest BCUT2D eigenvalue weighted by Crippen LogP contribution is -2.49. The van der Waals surface area contributed by atoms with Gasteiger partial charge in [0.05, 0.1) is 11.3 Å². The molecule has 36 heavy (non-hydrogen) atoms. The van der Waals surface area contributed by atoms with Crippen LogP contribution in [0.25, 0.3) is 10.8 Å². The number of hydrogen-bond acceptors (Lipinski definition) is 4. The van der Waals surface area contributed by atoms with Crippen molar-refractivity contribution in [3.05, 3.63) is 102 Å². The van der Waals surface area contributed by atoms with E-state index in [1.165, 1.54) is 0 Å². The van der Waals surface area contributed by atoms with E-state index in [1.807, 2.05) is 78.6 Å². The minimum atomic E-state index is -3.73. The lowest BCUT2D eigenvalue weighted by Gasteiger charge is -2.36.